The number of hydrogen-bond acceptors (Lipinski definition) is 5. The fraction of sp³-hybridized carbons (Fsp3) is 0.545. The molecule has 0 aromatic carbocycles. The third kappa shape index (κ3) is 5.10. The van der Waals surface area contributed by atoms with E-state index >= 15 is 0 Å². The zero-order chi connectivity index (χ0) is 11.8. The minimum atomic E-state index is -0.0795. The lowest BCUT2D eigenvalue weighted by Crippen LogP contribution is -2.33. The van der Waals surface area contributed by atoms with E-state index in [4.69, 9.17) is 5.26 Å². The first-order valence-electron chi connectivity index (χ1n) is 5.27. The topological polar surface area (TPSA) is 61.6 Å². The van der Waals surface area contributed by atoms with E-state index in [0.29, 0.717) is 6.04 Å². The van der Waals surface area contributed by atoms with Gasteiger partial charge >= 0.3 is 0 Å². The molecule has 4 nitrogen and oxygen atoms in total. The first-order chi connectivity index (χ1) is 7.72. The van der Waals surface area contributed by atoms with Gasteiger partial charge in [-0.15, -0.1) is 11.8 Å². The van der Waals surface area contributed by atoms with Gasteiger partial charge in [-0.25, -0.2) is 4.98 Å². The van der Waals surface area contributed by atoms with E-state index in [2.05, 4.69) is 21.4 Å². The first kappa shape index (κ1) is 12.9. The van der Waals surface area contributed by atoms with Crippen molar-refractivity contribution in [1.29, 1.82) is 5.26 Å². The summed E-state index contributed by atoms with van der Waals surface area (Å²) >= 11 is 1.63. The largest absolute Gasteiger partial charge is 0.300 e. The van der Waals surface area contributed by atoms with Crippen molar-refractivity contribution in [3.8, 4) is 6.07 Å². The molecule has 0 saturated heterocycles. The van der Waals surface area contributed by atoms with Crippen molar-refractivity contribution in [2.75, 3.05) is 5.75 Å². The third-order valence-corrected chi connectivity index (χ3v) is 2.83. The summed E-state index contributed by atoms with van der Waals surface area (Å²) in [6, 6.07) is 2.52. The monoisotopic (exact) mass is 236 g/mol. The van der Waals surface area contributed by atoms with Crippen molar-refractivity contribution in [1.82, 2.24) is 15.3 Å². The van der Waals surface area contributed by atoms with Crippen molar-refractivity contribution >= 4 is 11.8 Å². The Morgan fingerprint density at radius 3 is 2.88 bits per heavy atom. The van der Waals surface area contributed by atoms with Crippen LogP contribution >= 0.6 is 11.8 Å². The van der Waals surface area contributed by atoms with Crippen LogP contribution in [0.4, 0.5) is 0 Å². The van der Waals surface area contributed by atoms with E-state index < -0.39 is 0 Å². The summed E-state index contributed by atoms with van der Waals surface area (Å²) in [5, 5.41) is 13.0. The Morgan fingerprint density at radius 2 is 2.31 bits per heavy atom. The van der Waals surface area contributed by atoms with E-state index in [9.17, 15) is 0 Å². The summed E-state index contributed by atoms with van der Waals surface area (Å²) < 4.78 is 0. The second kappa shape index (κ2) is 7.20. The predicted molar refractivity (Wildman–Crippen MR) is 65.0 cm³/mol. The summed E-state index contributed by atoms with van der Waals surface area (Å²) in [7, 11) is 0. The molecule has 1 heterocycles. The maximum Gasteiger partial charge on any atom is 0.114 e. The van der Waals surface area contributed by atoms with Gasteiger partial charge in [0.05, 0.1) is 18.3 Å². The molecule has 5 heteroatoms. The van der Waals surface area contributed by atoms with Gasteiger partial charge in [-0.3, -0.25) is 10.3 Å². The SMILES string of the molecule is CC(C)NC(C#N)CCSc1cnccn1. The van der Waals surface area contributed by atoms with E-state index in [1.165, 1.54) is 0 Å². The zero-order valence-corrected chi connectivity index (χ0v) is 10.4. The number of nitriles is 1. The van der Waals surface area contributed by atoms with Crippen LogP contribution in [-0.4, -0.2) is 27.8 Å². The minimum absolute atomic E-state index is 0.0795. The summed E-state index contributed by atoms with van der Waals surface area (Å²) in [6.45, 7) is 4.08. The number of aromatic nitrogens is 2. The molecule has 86 valence electrons. The maximum absolute atomic E-state index is 8.92. The Labute approximate surface area is 100 Å². The highest BCUT2D eigenvalue weighted by Crippen LogP contribution is 2.14. The molecule has 16 heavy (non-hydrogen) atoms. The van der Waals surface area contributed by atoms with Crippen LogP contribution in [0.3, 0.4) is 0 Å². The van der Waals surface area contributed by atoms with E-state index in [0.717, 1.165) is 17.2 Å². The van der Waals surface area contributed by atoms with Gasteiger partial charge in [0.15, 0.2) is 0 Å². The van der Waals surface area contributed by atoms with Crippen LogP contribution in [-0.2, 0) is 0 Å². The second-order valence-corrected chi connectivity index (χ2v) is 4.80. The molecule has 0 saturated carbocycles. The summed E-state index contributed by atoms with van der Waals surface area (Å²) in [6.07, 6.45) is 5.89. The smallest absolute Gasteiger partial charge is 0.114 e. The summed E-state index contributed by atoms with van der Waals surface area (Å²) in [5.41, 5.74) is 0. The van der Waals surface area contributed by atoms with Crippen LogP contribution in [0.2, 0.25) is 0 Å². The maximum atomic E-state index is 8.92. The number of thioether (sulfide) groups is 1. The Kier molecular flexibility index (Phi) is 5.83. The number of hydrogen-bond donors (Lipinski definition) is 1. The molecular formula is C11H16N4S. The molecule has 1 N–H and O–H groups in total. The molecule has 1 aromatic rings. The predicted octanol–water partition coefficient (Wildman–Crippen LogP) is 1.85. The van der Waals surface area contributed by atoms with Gasteiger partial charge in [-0.1, -0.05) is 0 Å². The van der Waals surface area contributed by atoms with Gasteiger partial charge in [0, 0.05) is 24.2 Å². The average molecular weight is 236 g/mol. The third-order valence-electron chi connectivity index (χ3n) is 1.89. The first-order valence-corrected chi connectivity index (χ1v) is 6.25. The molecule has 0 spiro atoms. The van der Waals surface area contributed by atoms with Crippen molar-refractivity contribution in [3.05, 3.63) is 18.6 Å². The Hall–Kier alpha value is -1.12. The standard InChI is InChI=1S/C11H16N4S/c1-9(2)15-10(7-12)3-6-16-11-8-13-4-5-14-11/h4-5,8-10,15H,3,6H2,1-2H3. The Morgan fingerprint density at radius 1 is 1.50 bits per heavy atom. The molecule has 1 unspecified atom stereocenters. The van der Waals surface area contributed by atoms with Crippen molar-refractivity contribution in [2.24, 2.45) is 0 Å². The van der Waals surface area contributed by atoms with E-state index in [1.807, 2.05) is 13.8 Å². The van der Waals surface area contributed by atoms with Gasteiger partial charge in [0.1, 0.15) is 5.03 Å². The van der Waals surface area contributed by atoms with Gasteiger partial charge in [0.25, 0.3) is 0 Å². The van der Waals surface area contributed by atoms with Crippen LogP contribution in [0, 0.1) is 11.3 Å². The normalized spacial score (nSPS) is 12.4. The number of nitrogens with zero attached hydrogens (tertiary/aromatic N) is 3. The van der Waals surface area contributed by atoms with Gasteiger partial charge in [-0.2, -0.15) is 5.26 Å². The molecule has 0 aliphatic rings. The summed E-state index contributed by atoms with van der Waals surface area (Å²) in [5.74, 6) is 0.872. The molecule has 1 aromatic heterocycles. The van der Waals surface area contributed by atoms with Crippen LogP contribution in [0.5, 0.6) is 0 Å². The van der Waals surface area contributed by atoms with Crippen molar-refractivity contribution in [2.45, 2.75) is 37.4 Å². The molecule has 0 fully saturated rings. The minimum Gasteiger partial charge on any atom is -0.300 e. The van der Waals surface area contributed by atoms with Crippen molar-refractivity contribution in [3.63, 3.8) is 0 Å². The average Bonchev–Trinajstić information content (AvgIpc) is 2.28. The molecule has 0 bridgehead atoms. The molecular weight excluding hydrogens is 220 g/mol. The molecule has 0 aliphatic carbocycles. The highest BCUT2D eigenvalue weighted by molar-refractivity contribution is 7.99. The molecule has 1 rings (SSSR count). The van der Waals surface area contributed by atoms with Crippen LogP contribution in [0.15, 0.2) is 23.6 Å². The van der Waals surface area contributed by atoms with Crippen LogP contribution < -0.4 is 5.32 Å². The molecule has 0 radical (unpaired) electrons. The van der Waals surface area contributed by atoms with Crippen LogP contribution in [0.1, 0.15) is 20.3 Å². The summed E-state index contributed by atoms with van der Waals surface area (Å²) in [4.78, 5) is 8.15. The Bertz CT molecular complexity index is 334. The van der Waals surface area contributed by atoms with E-state index in [1.54, 1.807) is 30.4 Å². The number of nitrogens with one attached hydrogen (secondary N) is 1. The second-order valence-electron chi connectivity index (χ2n) is 3.68. The molecule has 1 atom stereocenters. The lowest BCUT2D eigenvalue weighted by molar-refractivity contribution is 0.522. The Balaban J connectivity index is 2.27. The molecule has 0 aliphatic heterocycles. The quantitative estimate of drug-likeness (QED) is 0.764. The number of rotatable bonds is 6. The molecule has 0 amide bonds. The van der Waals surface area contributed by atoms with Gasteiger partial charge < -0.3 is 0 Å². The fourth-order valence-corrected chi connectivity index (χ4v) is 2.06. The lowest BCUT2D eigenvalue weighted by atomic mass is 10.2. The van der Waals surface area contributed by atoms with Gasteiger partial charge in [0.2, 0.25) is 0 Å². The highest BCUT2D eigenvalue weighted by atomic mass is 32.2. The highest BCUT2D eigenvalue weighted by Gasteiger charge is 2.08. The zero-order valence-electron chi connectivity index (χ0n) is 9.55. The fourth-order valence-electron chi connectivity index (χ4n) is 1.23. The van der Waals surface area contributed by atoms with E-state index in [-0.39, 0.29) is 6.04 Å². The van der Waals surface area contributed by atoms with Gasteiger partial charge in [-0.05, 0) is 20.3 Å². The van der Waals surface area contributed by atoms with Crippen molar-refractivity contribution < 1.29 is 0 Å². The van der Waals surface area contributed by atoms with Crippen LogP contribution in [0.25, 0.3) is 0 Å². The lowest BCUT2D eigenvalue weighted by Gasteiger charge is -2.13.